The number of pyridine rings is 1. The first-order valence-corrected chi connectivity index (χ1v) is 9.95. The molecule has 0 saturated carbocycles. The van der Waals surface area contributed by atoms with Gasteiger partial charge < -0.3 is 10.6 Å². The quantitative estimate of drug-likeness (QED) is 0.876. The molecule has 6 nitrogen and oxygen atoms in total. The summed E-state index contributed by atoms with van der Waals surface area (Å²) in [5.74, 6) is 0.0684. The summed E-state index contributed by atoms with van der Waals surface area (Å²) < 4.78 is 23.1. The number of carbonyl (C=O) groups excluding carboxylic acids is 1. The number of nitrogens with zero attached hydrogens (tertiary/aromatic N) is 1. The van der Waals surface area contributed by atoms with Crippen LogP contribution in [0, 0.1) is 13.8 Å². The zero-order valence-electron chi connectivity index (χ0n) is 14.2. The summed E-state index contributed by atoms with van der Waals surface area (Å²) in [7, 11) is -2.95. The van der Waals surface area contributed by atoms with Crippen molar-refractivity contribution in [1.82, 2.24) is 4.98 Å². The van der Waals surface area contributed by atoms with E-state index in [1.807, 2.05) is 32.0 Å². The minimum Gasteiger partial charge on any atom is -0.380 e. The van der Waals surface area contributed by atoms with Gasteiger partial charge in [-0.25, -0.2) is 8.42 Å². The number of aromatic nitrogens is 1. The highest BCUT2D eigenvalue weighted by atomic mass is 32.2. The number of rotatable bonds is 4. The molecule has 1 aromatic carbocycles. The fraction of sp³-hybridized carbons (Fsp3) is 0.333. The SMILES string of the molecule is Cc1ccc(NC(=O)c2cncc(NC3CCS(=O)(=O)C3)c2)c(C)c1. The number of carbonyl (C=O) groups is 1. The highest BCUT2D eigenvalue weighted by Gasteiger charge is 2.27. The summed E-state index contributed by atoms with van der Waals surface area (Å²) in [4.78, 5) is 16.6. The molecule has 132 valence electrons. The van der Waals surface area contributed by atoms with Gasteiger partial charge in [0.25, 0.3) is 5.91 Å². The molecule has 1 fully saturated rings. The molecule has 25 heavy (non-hydrogen) atoms. The van der Waals surface area contributed by atoms with E-state index in [0.717, 1.165) is 16.8 Å². The van der Waals surface area contributed by atoms with Gasteiger partial charge in [0.1, 0.15) is 0 Å². The van der Waals surface area contributed by atoms with E-state index in [9.17, 15) is 13.2 Å². The Bertz CT molecular complexity index is 910. The number of aryl methyl sites for hydroxylation is 2. The number of nitrogens with one attached hydrogen (secondary N) is 2. The Morgan fingerprint density at radius 1 is 1.20 bits per heavy atom. The lowest BCUT2D eigenvalue weighted by atomic mass is 10.1. The van der Waals surface area contributed by atoms with Crippen molar-refractivity contribution >= 4 is 27.1 Å². The molecule has 7 heteroatoms. The maximum atomic E-state index is 12.5. The van der Waals surface area contributed by atoms with Crippen LogP contribution in [-0.2, 0) is 9.84 Å². The van der Waals surface area contributed by atoms with Crippen LogP contribution in [0.2, 0.25) is 0 Å². The maximum absolute atomic E-state index is 12.5. The first-order valence-electron chi connectivity index (χ1n) is 8.13. The van der Waals surface area contributed by atoms with Crippen molar-refractivity contribution in [3.63, 3.8) is 0 Å². The summed E-state index contributed by atoms with van der Waals surface area (Å²) in [5, 5.41) is 6.04. The fourth-order valence-electron chi connectivity index (χ4n) is 2.94. The van der Waals surface area contributed by atoms with Crippen LogP contribution in [0.1, 0.15) is 27.9 Å². The molecule has 0 bridgehead atoms. The average molecular weight is 359 g/mol. The molecule has 2 heterocycles. The van der Waals surface area contributed by atoms with E-state index >= 15 is 0 Å². The van der Waals surface area contributed by atoms with Gasteiger partial charge in [-0.15, -0.1) is 0 Å². The Morgan fingerprint density at radius 3 is 2.68 bits per heavy atom. The molecule has 0 spiro atoms. The third-order valence-electron chi connectivity index (χ3n) is 4.23. The van der Waals surface area contributed by atoms with Crippen molar-refractivity contribution in [2.24, 2.45) is 0 Å². The summed E-state index contributed by atoms with van der Waals surface area (Å²) in [5.41, 5.74) is 3.96. The number of hydrogen-bond donors (Lipinski definition) is 2. The number of amides is 1. The zero-order chi connectivity index (χ0) is 18.0. The monoisotopic (exact) mass is 359 g/mol. The molecule has 1 atom stereocenters. The highest BCUT2D eigenvalue weighted by molar-refractivity contribution is 7.91. The largest absolute Gasteiger partial charge is 0.380 e. The Labute approximate surface area is 147 Å². The van der Waals surface area contributed by atoms with Crippen LogP contribution in [-0.4, -0.2) is 36.9 Å². The second kappa shape index (κ2) is 6.84. The minimum absolute atomic E-state index is 0.117. The molecule has 1 aliphatic heterocycles. The molecular formula is C18H21N3O3S. The van der Waals surface area contributed by atoms with E-state index in [1.165, 1.54) is 6.20 Å². The van der Waals surface area contributed by atoms with Gasteiger partial charge in [0.15, 0.2) is 9.84 Å². The van der Waals surface area contributed by atoms with Crippen LogP contribution in [0.3, 0.4) is 0 Å². The minimum atomic E-state index is -2.95. The Kier molecular flexibility index (Phi) is 4.76. The van der Waals surface area contributed by atoms with E-state index in [0.29, 0.717) is 17.7 Å². The third kappa shape index (κ3) is 4.36. The van der Waals surface area contributed by atoms with Gasteiger partial charge in [-0.2, -0.15) is 0 Å². The van der Waals surface area contributed by atoms with Crippen LogP contribution >= 0.6 is 0 Å². The lowest BCUT2D eigenvalue weighted by molar-refractivity contribution is 0.102. The third-order valence-corrected chi connectivity index (χ3v) is 6.00. The van der Waals surface area contributed by atoms with Crippen molar-refractivity contribution in [1.29, 1.82) is 0 Å². The van der Waals surface area contributed by atoms with E-state index in [-0.39, 0.29) is 23.5 Å². The van der Waals surface area contributed by atoms with Gasteiger partial charge in [-0.3, -0.25) is 9.78 Å². The average Bonchev–Trinajstić information content (AvgIpc) is 2.89. The predicted molar refractivity (Wildman–Crippen MR) is 98.8 cm³/mol. The summed E-state index contributed by atoms with van der Waals surface area (Å²) in [6.07, 6.45) is 3.66. The second-order valence-corrected chi connectivity index (χ2v) is 8.71. The van der Waals surface area contributed by atoms with E-state index < -0.39 is 9.84 Å². The number of hydrogen-bond acceptors (Lipinski definition) is 5. The lowest BCUT2D eigenvalue weighted by Gasteiger charge is -2.13. The lowest BCUT2D eigenvalue weighted by Crippen LogP contribution is -2.21. The topological polar surface area (TPSA) is 88.2 Å². The van der Waals surface area contributed by atoms with Crippen molar-refractivity contribution in [2.45, 2.75) is 26.3 Å². The zero-order valence-corrected chi connectivity index (χ0v) is 15.1. The van der Waals surface area contributed by atoms with E-state index in [2.05, 4.69) is 15.6 Å². The van der Waals surface area contributed by atoms with Gasteiger partial charge >= 0.3 is 0 Å². The molecule has 1 aromatic heterocycles. The maximum Gasteiger partial charge on any atom is 0.257 e. The first kappa shape index (κ1) is 17.4. The van der Waals surface area contributed by atoms with Gasteiger partial charge in [-0.1, -0.05) is 17.7 Å². The Morgan fingerprint density at radius 2 is 2.00 bits per heavy atom. The molecule has 1 unspecified atom stereocenters. The summed E-state index contributed by atoms with van der Waals surface area (Å²) in [6, 6.07) is 7.38. The van der Waals surface area contributed by atoms with E-state index in [4.69, 9.17) is 0 Å². The molecule has 0 aliphatic carbocycles. The normalized spacial score (nSPS) is 18.7. The molecule has 1 saturated heterocycles. The number of benzene rings is 1. The fourth-order valence-corrected chi connectivity index (χ4v) is 4.61. The molecule has 1 aliphatic rings. The molecule has 2 aromatic rings. The van der Waals surface area contributed by atoms with Crippen LogP contribution in [0.15, 0.2) is 36.7 Å². The van der Waals surface area contributed by atoms with Crippen LogP contribution in [0.4, 0.5) is 11.4 Å². The highest BCUT2D eigenvalue weighted by Crippen LogP contribution is 2.20. The summed E-state index contributed by atoms with van der Waals surface area (Å²) in [6.45, 7) is 3.94. The van der Waals surface area contributed by atoms with Crippen LogP contribution in [0.25, 0.3) is 0 Å². The van der Waals surface area contributed by atoms with Gasteiger partial charge in [0, 0.05) is 24.1 Å². The molecular weight excluding hydrogens is 338 g/mol. The number of anilines is 2. The Balaban J connectivity index is 1.71. The van der Waals surface area contributed by atoms with Crippen molar-refractivity contribution in [3.8, 4) is 0 Å². The van der Waals surface area contributed by atoms with Crippen LogP contribution in [0.5, 0.6) is 0 Å². The van der Waals surface area contributed by atoms with Crippen molar-refractivity contribution in [3.05, 3.63) is 53.3 Å². The van der Waals surface area contributed by atoms with Crippen molar-refractivity contribution < 1.29 is 13.2 Å². The van der Waals surface area contributed by atoms with Gasteiger partial charge in [0.05, 0.1) is 22.8 Å². The van der Waals surface area contributed by atoms with Crippen molar-refractivity contribution in [2.75, 3.05) is 22.1 Å². The molecule has 2 N–H and O–H groups in total. The molecule has 0 radical (unpaired) electrons. The molecule has 3 rings (SSSR count). The number of sulfone groups is 1. The Hall–Kier alpha value is -2.41. The van der Waals surface area contributed by atoms with Gasteiger partial charge in [-0.05, 0) is 38.0 Å². The van der Waals surface area contributed by atoms with Gasteiger partial charge in [0.2, 0.25) is 0 Å². The standard InChI is InChI=1S/C18H21N3O3S/c1-12-3-4-17(13(2)7-12)21-18(22)14-8-16(10-19-9-14)20-15-5-6-25(23,24)11-15/h3-4,7-10,15,20H,5-6,11H2,1-2H3,(H,21,22). The second-order valence-electron chi connectivity index (χ2n) is 6.48. The van der Waals surface area contributed by atoms with Crippen LogP contribution < -0.4 is 10.6 Å². The van der Waals surface area contributed by atoms with E-state index in [1.54, 1.807) is 12.3 Å². The summed E-state index contributed by atoms with van der Waals surface area (Å²) >= 11 is 0. The smallest absolute Gasteiger partial charge is 0.257 e. The molecule has 1 amide bonds. The first-order chi connectivity index (χ1) is 11.8. The predicted octanol–water partition coefficient (Wildman–Crippen LogP) is 2.55.